The topological polar surface area (TPSA) is 32.8 Å². The van der Waals surface area contributed by atoms with E-state index in [4.69, 9.17) is 0 Å². The third-order valence-corrected chi connectivity index (χ3v) is 3.31. The highest BCUT2D eigenvalue weighted by molar-refractivity contribution is 7.16. The summed E-state index contributed by atoms with van der Waals surface area (Å²) in [5.41, 5.74) is 3.95. The second-order valence-corrected chi connectivity index (χ2v) is 4.62. The summed E-state index contributed by atoms with van der Waals surface area (Å²) in [5.74, 6) is 0.109. The van der Waals surface area contributed by atoms with E-state index in [0.29, 0.717) is 0 Å². The van der Waals surface area contributed by atoms with Gasteiger partial charge in [-0.1, -0.05) is 19.8 Å². The molecule has 0 saturated heterocycles. The molecule has 79 valence electrons. The molecule has 0 fully saturated rings. The van der Waals surface area contributed by atoms with E-state index in [1.807, 2.05) is 5.51 Å². The van der Waals surface area contributed by atoms with Crippen LogP contribution in [-0.4, -0.2) is 4.98 Å². The first-order chi connectivity index (χ1) is 7.31. The van der Waals surface area contributed by atoms with Gasteiger partial charge in [0, 0.05) is 6.07 Å². The SMILES string of the molecule is CCCCCc1cc([O])cc2scnc12. The number of unbranched alkanes of at least 4 members (excludes halogenated alkanes) is 2. The molecule has 2 rings (SSSR count). The zero-order valence-electron chi connectivity index (χ0n) is 8.82. The van der Waals surface area contributed by atoms with E-state index in [1.165, 1.54) is 12.8 Å². The van der Waals surface area contributed by atoms with Crippen molar-refractivity contribution < 1.29 is 5.11 Å². The molecule has 3 heteroatoms. The quantitative estimate of drug-likeness (QED) is 0.712. The van der Waals surface area contributed by atoms with Crippen molar-refractivity contribution in [2.75, 3.05) is 0 Å². The van der Waals surface area contributed by atoms with Crippen LogP contribution in [0.25, 0.3) is 10.2 Å². The summed E-state index contributed by atoms with van der Waals surface area (Å²) in [6.45, 7) is 2.18. The Morgan fingerprint density at radius 2 is 2.20 bits per heavy atom. The van der Waals surface area contributed by atoms with E-state index in [1.54, 1.807) is 23.5 Å². The predicted octanol–water partition coefficient (Wildman–Crippen LogP) is 4.17. The van der Waals surface area contributed by atoms with Crippen LogP contribution in [0, 0.1) is 0 Å². The van der Waals surface area contributed by atoms with Crippen molar-refractivity contribution in [3.63, 3.8) is 0 Å². The fourth-order valence-electron chi connectivity index (χ4n) is 1.77. The number of nitrogens with zero attached hydrogens (tertiary/aromatic N) is 1. The molecular weight excluding hydrogens is 206 g/mol. The molecule has 2 nitrogen and oxygen atoms in total. The number of rotatable bonds is 4. The van der Waals surface area contributed by atoms with Gasteiger partial charge < -0.3 is 0 Å². The number of benzene rings is 1. The predicted molar refractivity (Wildman–Crippen MR) is 63.0 cm³/mol. The zero-order chi connectivity index (χ0) is 10.7. The third-order valence-electron chi connectivity index (χ3n) is 2.54. The van der Waals surface area contributed by atoms with Crippen molar-refractivity contribution in [1.82, 2.24) is 4.98 Å². The Bertz CT molecular complexity index is 450. The fourth-order valence-corrected chi connectivity index (χ4v) is 2.52. The zero-order valence-corrected chi connectivity index (χ0v) is 9.64. The summed E-state index contributed by atoms with van der Waals surface area (Å²) < 4.78 is 1.02. The Morgan fingerprint density at radius 1 is 1.33 bits per heavy atom. The van der Waals surface area contributed by atoms with Crippen LogP contribution in [0.15, 0.2) is 17.6 Å². The average molecular weight is 220 g/mol. The highest BCUT2D eigenvalue weighted by Gasteiger charge is 2.06. The molecule has 1 radical (unpaired) electrons. The molecule has 0 aliphatic rings. The molecule has 0 spiro atoms. The average Bonchev–Trinajstić information content (AvgIpc) is 2.65. The molecule has 0 N–H and O–H groups in total. The Kier molecular flexibility index (Phi) is 3.21. The van der Waals surface area contributed by atoms with Gasteiger partial charge in [0.25, 0.3) is 0 Å². The van der Waals surface area contributed by atoms with Crippen LogP contribution in [-0.2, 0) is 11.5 Å². The number of hydrogen-bond acceptors (Lipinski definition) is 2. The van der Waals surface area contributed by atoms with Gasteiger partial charge in [0.1, 0.15) is 0 Å². The molecule has 0 aliphatic heterocycles. The molecule has 1 aromatic carbocycles. The maximum atomic E-state index is 11.4. The lowest BCUT2D eigenvalue weighted by Crippen LogP contribution is -1.87. The lowest BCUT2D eigenvalue weighted by atomic mass is 10.1. The lowest BCUT2D eigenvalue weighted by molar-refractivity contribution is 0.355. The Labute approximate surface area is 93.6 Å². The molecule has 0 aliphatic carbocycles. The summed E-state index contributed by atoms with van der Waals surface area (Å²) >= 11 is 1.54. The van der Waals surface area contributed by atoms with Gasteiger partial charge in [-0.2, -0.15) is 0 Å². The number of hydrogen-bond donors (Lipinski definition) is 0. The summed E-state index contributed by atoms with van der Waals surface area (Å²) in [6.07, 6.45) is 4.54. The minimum atomic E-state index is 0.109. The number of aryl methyl sites for hydroxylation is 1. The van der Waals surface area contributed by atoms with Gasteiger partial charge in [0.05, 0.1) is 15.7 Å². The van der Waals surface area contributed by atoms with E-state index in [9.17, 15) is 5.11 Å². The fraction of sp³-hybridized carbons (Fsp3) is 0.417. The second-order valence-electron chi connectivity index (χ2n) is 3.74. The molecule has 1 heterocycles. The summed E-state index contributed by atoms with van der Waals surface area (Å²) in [6, 6.07) is 3.41. The third kappa shape index (κ3) is 2.29. The Morgan fingerprint density at radius 3 is 3.00 bits per heavy atom. The minimum absolute atomic E-state index is 0.109. The minimum Gasteiger partial charge on any atom is -0.290 e. The van der Waals surface area contributed by atoms with E-state index in [2.05, 4.69) is 11.9 Å². The van der Waals surface area contributed by atoms with E-state index >= 15 is 0 Å². The first-order valence-corrected chi connectivity index (χ1v) is 6.22. The molecule has 15 heavy (non-hydrogen) atoms. The summed E-state index contributed by atoms with van der Waals surface area (Å²) in [7, 11) is 0. The largest absolute Gasteiger partial charge is 0.290 e. The van der Waals surface area contributed by atoms with Crippen LogP contribution in [0.4, 0.5) is 0 Å². The van der Waals surface area contributed by atoms with Gasteiger partial charge in [-0.15, -0.1) is 11.3 Å². The first kappa shape index (κ1) is 10.4. The van der Waals surface area contributed by atoms with Gasteiger partial charge in [0.15, 0.2) is 5.75 Å². The number of aromatic nitrogens is 1. The van der Waals surface area contributed by atoms with Crippen LogP contribution in [0.3, 0.4) is 0 Å². The summed E-state index contributed by atoms with van der Waals surface area (Å²) in [4.78, 5) is 4.32. The van der Waals surface area contributed by atoms with Crippen molar-refractivity contribution >= 4 is 21.6 Å². The van der Waals surface area contributed by atoms with E-state index in [-0.39, 0.29) is 5.75 Å². The van der Waals surface area contributed by atoms with Crippen LogP contribution >= 0.6 is 11.3 Å². The lowest BCUT2D eigenvalue weighted by Gasteiger charge is -2.01. The van der Waals surface area contributed by atoms with Crippen molar-refractivity contribution in [3.05, 3.63) is 23.2 Å². The molecular formula is C12H14NOS. The van der Waals surface area contributed by atoms with Gasteiger partial charge in [-0.3, -0.25) is 5.11 Å². The van der Waals surface area contributed by atoms with Crippen molar-refractivity contribution in [2.45, 2.75) is 32.6 Å². The molecule has 1 aromatic heterocycles. The second kappa shape index (κ2) is 4.62. The van der Waals surface area contributed by atoms with Gasteiger partial charge >= 0.3 is 0 Å². The molecule has 0 unspecified atom stereocenters. The number of thiazole rings is 1. The molecule has 0 saturated carbocycles. The molecule has 0 amide bonds. The van der Waals surface area contributed by atoms with Gasteiger partial charge in [-0.25, -0.2) is 4.98 Å². The van der Waals surface area contributed by atoms with Gasteiger partial charge in [0.2, 0.25) is 0 Å². The van der Waals surface area contributed by atoms with Crippen LogP contribution in [0.2, 0.25) is 0 Å². The van der Waals surface area contributed by atoms with Gasteiger partial charge in [-0.05, 0) is 24.5 Å². The van der Waals surface area contributed by atoms with Crippen LogP contribution < -0.4 is 0 Å². The van der Waals surface area contributed by atoms with Crippen molar-refractivity contribution in [3.8, 4) is 5.75 Å². The smallest absolute Gasteiger partial charge is 0.180 e. The highest BCUT2D eigenvalue weighted by Crippen LogP contribution is 2.28. The first-order valence-electron chi connectivity index (χ1n) is 5.34. The number of fused-ring (bicyclic) bond motifs is 1. The van der Waals surface area contributed by atoms with E-state index < -0.39 is 0 Å². The Hall–Kier alpha value is -1.09. The summed E-state index contributed by atoms with van der Waals surface area (Å²) in [5, 5.41) is 11.4. The molecule has 0 bridgehead atoms. The maximum absolute atomic E-state index is 11.4. The van der Waals surface area contributed by atoms with Crippen molar-refractivity contribution in [2.24, 2.45) is 0 Å². The molecule has 0 atom stereocenters. The van der Waals surface area contributed by atoms with Crippen LogP contribution in [0.5, 0.6) is 5.75 Å². The van der Waals surface area contributed by atoms with Crippen molar-refractivity contribution in [1.29, 1.82) is 0 Å². The normalized spacial score (nSPS) is 11.0. The standard InChI is InChI=1S/C12H14NOS/c1-2-3-4-5-9-6-10(14)7-11-12(9)13-8-15-11/h6-8H,2-5H2,1H3. The monoisotopic (exact) mass is 220 g/mol. The maximum Gasteiger partial charge on any atom is 0.180 e. The van der Waals surface area contributed by atoms with E-state index in [0.717, 1.165) is 28.6 Å². The molecule has 2 aromatic rings. The van der Waals surface area contributed by atoms with Crippen LogP contribution in [0.1, 0.15) is 31.7 Å². The highest BCUT2D eigenvalue weighted by atomic mass is 32.1. The Balaban J connectivity index is 2.27.